The maximum Gasteiger partial charge on any atom is 0.324 e. The van der Waals surface area contributed by atoms with E-state index in [4.69, 9.17) is 16.3 Å². The first-order valence-electron chi connectivity index (χ1n) is 5.59. The number of methoxy groups -OCH3 is 1. The number of halogens is 1. The minimum atomic E-state index is -0.394. The molecule has 1 unspecified atom stereocenters. The largest absolute Gasteiger partial charge is 0.468 e. The molecule has 0 fully saturated rings. The van der Waals surface area contributed by atoms with Crippen molar-refractivity contribution in [2.45, 2.75) is 32.9 Å². The fourth-order valence-corrected chi connectivity index (χ4v) is 1.61. The average molecular weight is 260 g/mol. The van der Waals surface area contributed by atoms with Gasteiger partial charge in [0.2, 0.25) is 0 Å². The summed E-state index contributed by atoms with van der Waals surface area (Å²) in [7, 11) is 1.38. The fraction of sp³-hybridized carbons (Fsp3) is 0.636. The summed E-state index contributed by atoms with van der Waals surface area (Å²) < 4.78 is 6.45. The van der Waals surface area contributed by atoms with Gasteiger partial charge in [0.05, 0.1) is 30.6 Å². The van der Waals surface area contributed by atoms with Crippen LogP contribution >= 0.6 is 11.6 Å². The number of aromatic nitrogens is 2. The molecule has 0 aromatic carbocycles. The topological polar surface area (TPSA) is 56.2 Å². The number of carbonyl (C=O) groups is 1. The van der Waals surface area contributed by atoms with Gasteiger partial charge in [-0.3, -0.25) is 9.48 Å². The Morgan fingerprint density at radius 3 is 2.88 bits per heavy atom. The van der Waals surface area contributed by atoms with Gasteiger partial charge in [-0.25, -0.2) is 0 Å². The predicted octanol–water partition coefficient (Wildman–Crippen LogP) is 1.39. The zero-order chi connectivity index (χ0) is 12.8. The van der Waals surface area contributed by atoms with Crippen molar-refractivity contribution in [2.75, 3.05) is 13.7 Å². The third-order valence-corrected chi connectivity index (χ3v) is 2.90. The van der Waals surface area contributed by atoms with Crippen LogP contribution in [0.5, 0.6) is 0 Å². The molecule has 96 valence electrons. The van der Waals surface area contributed by atoms with Gasteiger partial charge in [-0.1, -0.05) is 18.5 Å². The van der Waals surface area contributed by atoms with Crippen molar-refractivity contribution < 1.29 is 9.53 Å². The Morgan fingerprint density at radius 1 is 1.71 bits per heavy atom. The van der Waals surface area contributed by atoms with Gasteiger partial charge in [-0.2, -0.15) is 5.10 Å². The molecule has 6 heteroatoms. The van der Waals surface area contributed by atoms with Crippen LogP contribution in [0.1, 0.15) is 19.0 Å². The zero-order valence-electron chi connectivity index (χ0n) is 10.4. The van der Waals surface area contributed by atoms with E-state index in [1.54, 1.807) is 10.9 Å². The minimum absolute atomic E-state index is 0.288. The third-order valence-electron chi connectivity index (χ3n) is 2.53. The summed E-state index contributed by atoms with van der Waals surface area (Å²) in [5.74, 6) is -0.288. The molecule has 1 N–H and O–H groups in total. The molecule has 0 amide bonds. The lowest BCUT2D eigenvalue weighted by Gasteiger charge is -2.16. The Hall–Kier alpha value is -1.07. The van der Waals surface area contributed by atoms with Gasteiger partial charge in [-0.15, -0.1) is 0 Å². The quantitative estimate of drug-likeness (QED) is 0.785. The number of hydrogen-bond donors (Lipinski definition) is 1. The molecule has 0 spiro atoms. The summed E-state index contributed by atoms with van der Waals surface area (Å²) in [6.45, 7) is 5.08. The minimum Gasteiger partial charge on any atom is -0.468 e. The molecular formula is C11H18ClN3O2. The lowest BCUT2D eigenvalue weighted by Crippen LogP contribution is -2.41. The van der Waals surface area contributed by atoms with Crippen molar-refractivity contribution in [3.63, 3.8) is 0 Å². The van der Waals surface area contributed by atoms with Gasteiger partial charge >= 0.3 is 5.97 Å². The van der Waals surface area contributed by atoms with Crippen LogP contribution in [-0.2, 0) is 16.1 Å². The van der Waals surface area contributed by atoms with E-state index in [1.807, 2.05) is 13.8 Å². The number of hydrogen-bond acceptors (Lipinski definition) is 4. The van der Waals surface area contributed by atoms with Gasteiger partial charge in [0.25, 0.3) is 0 Å². The van der Waals surface area contributed by atoms with E-state index in [1.165, 1.54) is 7.11 Å². The number of nitrogens with one attached hydrogen (secondary N) is 1. The van der Waals surface area contributed by atoms with E-state index in [2.05, 4.69) is 10.4 Å². The van der Waals surface area contributed by atoms with Crippen molar-refractivity contribution in [1.82, 2.24) is 15.1 Å². The van der Waals surface area contributed by atoms with Crippen molar-refractivity contribution in [3.8, 4) is 0 Å². The van der Waals surface area contributed by atoms with Crippen LogP contribution in [0, 0.1) is 6.92 Å². The monoisotopic (exact) mass is 259 g/mol. The van der Waals surface area contributed by atoms with E-state index >= 15 is 0 Å². The second-order valence-electron chi connectivity index (χ2n) is 3.79. The molecule has 1 aromatic rings. The maximum atomic E-state index is 11.6. The lowest BCUT2D eigenvalue weighted by atomic mass is 10.2. The van der Waals surface area contributed by atoms with Gasteiger partial charge in [-0.05, 0) is 19.9 Å². The number of rotatable bonds is 6. The molecule has 0 saturated heterocycles. The summed E-state index contributed by atoms with van der Waals surface area (Å²) in [5.41, 5.74) is 0.846. The van der Waals surface area contributed by atoms with Crippen LogP contribution in [0.4, 0.5) is 0 Å². The van der Waals surface area contributed by atoms with Crippen LogP contribution in [-0.4, -0.2) is 35.4 Å². The molecule has 0 bridgehead atoms. The first-order valence-corrected chi connectivity index (χ1v) is 5.97. The Morgan fingerprint density at radius 2 is 2.41 bits per heavy atom. The molecule has 17 heavy (non-hydrogen) atoms. The zero-order valence-corrected chi connectivity index (χ0v) is 11.1. The van der Waals surface area contributed by atoms with Gasteiger partial charge in [0.15, 0.2) is 0 Å². The Kier molecular flexibility index (Phi) is 5.44. The van der Waals surface area contributed by atoms with Crippen LogP contribution in [0.2, 0.25) is 5.02 Å². The summed E-state index contributed by atoms with van der Waals surface area (Å²) in [5, 5.41) is 7.84. The van der Waals surface area contributed by atoms with E-state index in [9.17, 15) is 4.79 Å². The van der Waals surface area contributed by atoms with Crippen LogP contribution < -0.4 is 5.32 Å². The summed E-state index contributed by atoms with van der Waals surface area (Å²) in [6, 6.07) is -0.394. The second kappa shape index (κ2) is 6.61. The van der Waals surface area contributed by atoms with Crippen molar-refractivity contribution in [3.05, 3.63) is 16.9 Å². The molecule has 1 rings (SSSR count). The lowest BCUT2D eigenvalue weighted by molar-refractivity contribution is -0.143. The highest BCUT2D eigenvalue weighted by Gasteiger charge is 2.20. The van der Waals surface area contributed by atoms with Gasteiger partial charge in [0.1, 0.15) is 6.04 Å². The molecule has 0 aliphatic rings. The summed E-state index contributed by atoms with van der Waals surface area (Å²) >= 11 is 5.91. The predicted molar refractivity (Wildman–Crippen MR) is 66.1 cm³/mol. The first kappa shape index (κ1) is 14.0. The van der Waals surface area contributed by atoms with Gasteiger partial charge < -0.3 is 10.1 Å². The van der Waals surface area contributed by atoms with Crippen LogP contribution in [0.15, 0.2) is 6.20 Å². The van der Waals surface area contributed by atoms with E-state index in [-0.39, 0.29) is 5.97 Å². The third kappa shape index (κ3) is 3.71. The summed E-state index contributed by atoms with van der Waals surface area (Å²) in [6.07, 6.45) is 2.53. The number of nitrogens with zero attached hydrogens (tertiary/aromatic N) is 2. The Balaban J connectivity index is 2.71. The van der Waals surface area contributed by atoms with Crippen molar-refractivity contribution in [1.29, 1.82) is 0 Å². The molecule has 0 radical (unpaired) electrons. The molecule has 1 heterocycles. The molecular weight excluding hydrogens is 242 g/mol. The molecule has 1 aromatic heterocycles. The van der Waals surface area contributed by atoms with E-state index in [0.29, 0.717) is 11.6 Å². The number of carbonyl (C=O) groups excluding carboxylic acids is 1. The van der Waals surface area contributed by atoms with E-state index < -0.39 is 6.04 Å². The smallest absolute Gasteiger partial charge is 0.324 e. The normalized spacial score (nSPS) is 12.5. The maximum absolute atomic E-state index is 11.6. The molecule has 0 saturated carbocycles. The van der Waals surface area contributed by atoms with Crippen molar-refractivity contribution >= 4 is 17.6 Å². The highest BCUT2D eigenvalue weighted by Crippen LogP contribution is 2.13. The Labute approximate surface area is 106 Å². The van der Waals surface area contributed by atoms with Crippen molar-refractivity contribution in [2.24, 2.45) is 0 Å². The van der Waals surface area contributed by atoms with Crippen LogP contribution in [0.25, 0.3) is 0 Å². The van der Waals surface area contributed by atoms with E-state index in [0.717, 1.165) is 18.7 Å². The highest BCUT2D eigenvalue weighted by molar-refractivity contribution is 6.31. The summed E-state index contributed by atoms with van der Waals surface area (Å²) in [4.78, 5) is 11.6. The Bertz CT molecular complexity index is 379. The number of ether oxygens (including phenoxy) is 1. The average Bonchev–Trinajstić information content (AvgIpc) is 2.65. The molecule has 0 aliphatic heterocycles. The standard InChI is InChI=1S/C11H18ClN3O2/c1-4-5-13-10(11(16)17-3)7-15-8(2)9(12)6-14-15/h6,10,13H,4-5,7H2,1-3H3. The molecule has 0 aliphatic carbocycles. The second-order valence-corrected chi connectivity index (χ2v) is 4.20. The van der Waals surface area contributed by atoms with Crippen LogP contribution in [0.3, 0.4) is 0 Å². The van der Waals surface area contributed by atoms with Gasteiger partial charge in [0, 0.05) is 0 Å². The molecule has 5 nitrogen and oxygen atoms in total. The SMILES string of the molecule is CCCNC(Cn1ncc(Cl)c1C)C(=O)OC. The fourth-order valence-electron chi connectivity index (χ4n) is 1.46. The molecule has 1 atom stereocenters. The number of esters is 1. The highest BCUT2D eigenvalue weighted by atomic mass is 35.5. The first-order chi connectivity index (χ1) is 8.10.